The number of aliphatic hydroxyl groups is 1. The fraction of sp³-hybridized carbons (Fsp3) is 0.885. The number of unbranched alkanes of at least 4 members (excludes halogenated alkanes) is 2. The number of carbonyl (C=O) groups is 1. The minimum Gasteiger partial charge on any atom is -0.481 e. The van der Waals surface area contributed by atoms with E-state index in [-0.39, 0.29) is 24.7 Å². The van der Waals surface area contributed by atoms with Crippen LogP contribution in [-0.4, -0.2) is 47.5 Å². The fourth-order valence-corrected chi connectivity index (χ4v) is 5.30. The average Bonchev–Trinajstić information content (AvgIpc) is 3.04. The zero-order valence-electron chi connectivity index (χ0n) is 20.1. The third-order valence-electron chi connectivity index (χ3n) is 7.21. The summed E-state index contributed by atoms with van der Waals surface area (Å²) in [5.74, 6) is 0.140. The first-order chi connectivity index (χ1) is 15.4. The summed E-state index contributed by atoms with van der Waals surface area (Å²) < 4.78 is 26.9. The highest BCUT2D eigenvalue weighted by molar-refractivity contribution is 5.66. The second kappa shape index (κ2) is 15.0. The maximum Gasteiger partial charge on any atom is 0.303 e. The van der Waals surface area contributed by atoms with E-state index in [1.54, 1.807) is 0 Å². The van der Waals surface area contributed by atoms with Gasteiger partial charge in [-0.15, -0.1) is 0 Å². The highest BCUT2D eigenvalue weighted by Gasteiger charge is 2.40. The van der Waals surface area contributed by atoms with Crippen LogP contribution in [0.1, 0.15) is 97.3 Å². The second-order valence-corrected chi connectivity index (χ2v) is 9.81. The van der Waals surface area contributed by atoms with Crippen molar-refractivity contribution in [2.45, 2.75) is 122 Å². The third-order valence-corrected chi connectivity index (χ3v) is 7.21. The van der Waals surface area contributed by atoms with Crippen LogP contribution >= 0.6 is 0 Å². The monoisotopic (exact) mass is 456 g/mol. The molecule has 2 rings (SSSR count). The van der Waals surface area contributed by atoms with E-state index in [0.717, 1.165) is 57.8 Å². The van der Waals surface area contributed by atoms with Crippen molar-refractivity contribution in [3.05, 3.63) is 12.2 Å². The van der Waals surface area contributed by atoms with Crippen molar-refractivity contribution in [1.29, 1.82) is 0 Å². The lowest BCUT2D eigenvalue weighted by Gasteiger charge is -2.31. The third kappa shape index (κ3) is 9.48. The van der Waals surface area contributed by atoms with Crippen LogP contribution in [0.5, 0.6) is 0 Å². The molecule has 0 spiro atoms. The van der Waals surface area contributed by atoms with Gasteiger partial charge in [-0.2, -0.15) is 0 Å². The number of alkyl halides is 1. The van der Waals surface area contributed by atoms with E-state index < -0.39 is 18.2 Å². The molecule has 0 radical (unpaired) electrons. The number of hydrogen-bond acceptors (Lipinski definition) is 4. The molecule has 7 atom stereocenters. The van der Waals surface area contributed by atoms with Gasteiger partial charge in [0.25, 0.3) is 0 Å². The highest BCUT2D eigenvalue weighted by Crippen LogP contribution is 2.42. The van der Waals surface area contributed by atoms with Crippen molar-refractivity contribution in [3.8, 4) is 0 Å². The number of ether oxygens (including phenoxy) is 2. The first-order valence-corrected chi connectivity index (χ1v) is 12.9. The Morgan fingerprint density at radius 1 is 1.22 bits per heavy atom. The number of carboxylic acid groups (broad SMARTS) is 1. The topological polar surface area (TPSA) is 76.0 Å². The molecule has 1 aliphatic carbocycles. The number of carboxylic acids is 1. The van der Waals surface area contributed by atoms with Crippen LogP contribution in [0.2, 0.25) is 0 Å². The molecule has 5 nitrogen and oxygen atoms in total. The van der Waals surface area contributed by atoms with E-state index in [1.807, 2.05) is 6.08 Å². The lowest BCUT2D eigenvalue weighted by molar-refractivity contribution is -0.202. The van der Waals surface area contributed by atoms with Crippen molar-refractivity contribution in [2.24, 2.45) is 17.8 Å². The Balaban J connectivity index is 1.90. The summed E-state index contributed by atoms with van der Waals surface area (Å²) in [6, 6.07) is 0. The molecule has 0 aromatic heterocycles. The summed E-state index contributed by atoms with van der Waals surface area (Å²) in [5.41, 5.74) is 0. The molecule has 0 aromatic rings. The van der Waals surface area contributed by atoms with Gasteiger partial charge < -0.3 is 19.7 Å². The van der Waals surface area contributed by atoms with Crippen LogP contribution in [0.3, 0.4) is 0 Å². The van der Waals surface area contributed by atoms with Gasteiger partial charge in [-0.1, -0.05) is 38.8 Å². The fourth-order valence-electron chi connectivity index (χ4n) is 5.30. The summed E-state index contributed by atoms with van der Waals surface area (Å²) in [5, 5.41) is 19.4. The van der Waals surface area contributed by atoms with Crippen molar-refractivity contribution in [1.82, 2.24) is 0 Å². The van der Waals surface area contributed by atoms with Crippen molar-refractivity contribution >= 4 is 5.97 Å². The molecule has 2 fully saturated rings. The van der Waals surface area contributed by atoms with Crippen LogP contribution in [0.4, 0.5) is 4.39 Å². The summed E-state index contributed by atoms with van der Waals surface area (Å²) in [4.78, 5) is 10.6. The predicted octanol–water partition coefficient (Wildman–Crippen LogP) is 6.04. The lowest BCUT2D eigenvalue weighted by Crippen LogP contribution is -2.34. The quantitative estimate of drug-likeness (QED) is 0.232. The number of halogens is 1. The Morgan fingerprint density at radius 3 is 2.72 bits per heavy atom. The molecule has 1 saturated carbocycles. The van der Waals surface area contributed by atoms with E-state index in [2.05, 4.69) is 19.9 Å². The van der Waals surface area contributed by atoms with E-state index in [4.69, 9.17) is 14.6 Å². The van der Waals surface area contributed by atoms with Crippen LogP contribution in [0.25, 0.3) is 0 Å². The van der Waals surface area contributed by atoms with E-state index >= 15 is 4.39 Å². The number of allylic oxidation sites excluding steroid dienone is 2. The minimum atomic E-state index is -0.977. The van der Waals surface area contributed by atoms with E-state index in [1.165, 1.54) is 0 Å². The Kier molecular flexibility index (Phi) is 12.8. The van der Waals surface area contributed by atoms with Crippen LogP contribution in [-0.2, 0) is 14.3 Å². The number of hydrogen-bond donors (Lipinski definition) is 2. The SMILES string of the molecule is CCCC[C@@H](F)[C@@H](CC[C@@H]1[C@@H](C/C=C\CCCC(=O)O)[C@@H](O)C[C@H]1C)OC1CCCCO1. The predicted molar refractivity (Wildman–Crippen MR) is 124 cm³/mol. The number of rotatable bonds is 15. The molecule has 2 aliphatic rings. The van der Waals surface area contributed by atoms with E-state index in [0.29, 0.717) is 37.7 Å². The van der Waals surface area contributed by atoms with Gasteiger partial charge in [0, 0.05) is 13.0 Å². The van der Waals surface area contributed by atoms with Crippen LogP contribution in [0, 0.1) is 17.8 Å². The van der Waals surface area contributed by atoms with Gasteiger partial charge in [0.2, 0.25) is 0 Å². The molecule has 1 saturated heterocycles. The van der Waals surface area contributed by atoms with Gasteiger partial charge in [0.15, 0.2) is 6.29 Å². The van der Waals surface area contributed by atoms with Gasteiger partial charge in [-0.05, 0) is 82.0 Å². The molecular formula is C26H45FO5. The molecule has 0 amide bonds. The van der Waals surface area contributed by atoms with Gasteiger partial charge in [0.05, 0.1) is 12.2 Å². The van der Waals surface area contributed by atoms with Crippen molar-refractivity contribution in [2.75, 3.05) is 6.61 Å². The van der Waals surface area contributed by atoms with Gasteiger partial charge >= 0.3 is 5.97 Å². The summed E-state index contributed by atoms with van der Waals surface area (Å²) in [6.07, 6.45) is 12.0. The summed E-state index contributed by atoms with van der Waals surface area (Å²) in [6.45, 7) is 4.96. The molecule has 1 aliphatic heterocycles. The molecular weight excluding hydrogens is 411 g/mol. The number of aliphatic carboxylic acids is 1. The average molecular weight is 457 g/mol. The highest BCUT2D eigenvalue weighted by atomic mass is 19.1. The minimum absolute atomic E-state index is 0.168. The summed E-state index contributed by atoms with van der Waals surface area (Å²) >= 11 is 0. The maximum absolute atomic E-state index is 15.0. The maximum atomic E-state index is 15.0. The Morgan fingerprint density at radius 2 is 2.03 bits per heavy atom. The molecule has 1 heterocycles. The molecule has 0 bridgehead atoms. The smallest absolute Gasteiger partial charge is 0.303 e. The first-order valence-electron chi connectivity index (χ1n) is 12.9. The lowest BCUT2D eigenvalue weighted by atomic mass is 9.82. The van der Waals surface area contributed by atoms with Gasteiger partial charge in [-0.3, -0.25) is 4.79 Å². The molecule has 0 aromatic carbocycles. The van der Waals surface area contributed by atoms with Gasteiger partial charge in [-0.25, -0.2) is 4.39 Å². The molecule has 6 heteroatoms. The molecule has 1 unspecified atom stereocenters. The Hall–Kier alpha value is -0.980. The molecule has 2 N–H and O–H groups in total. The van der Waals surface area contributed by atoms with E-state index in [9.17, 15) is 9.90 Å². The second-order valence-electron chi connectivity index (χ2n) is 9.81. The van der Waals surface area contributed by atoms with Crippen LogP contribution in [0.15, 0.2) is 12.2 Å². The Labute approximate surface area is 193 Å². The zero-order valence-corrected chi connectivity index (χ0v) is 20.1. The van der Waals surface area contributed by atoms with Crippen molar-refractivity contribution < 1.29 is 28.9 Å². The van der Waals surface area contributed by atoms with Gasteiger partial charge in [0.1, 0.15) is 6.17 Å². The van der Waals surface area contributed by atoms with Crippen LogP contribution < -0.4 is 0 Å². The van der Waals surface area contributed by atoms with Crippen molar-refractivity contribution in [3.63, 3.8) is 0 Å². The molecule has 32 heavy (non-hydrogen) atoms. The zero-order chi connectivity index (χ0) is 23.3. The Bertz CT molecular complexity index is 548. The molecule has 186 valence electrons. The first kappa shape index (κ1) is 27.3. The summed E-state index contributed by atoms with van der Waals surface area (Å²) in [7, 11) is 0. The largest absolute Gasteiger partial charge is 0.481 e. The standard InChI is InChI=1S/C26H45FO5/c1-3-4-12-22(27)24(32-26-14-9-10-17-31-26)16-15-20-19(2)18-23(28)21(20)11-7-5-6-8-13-25(29)30/h5,7,19-24,26,28H,3-4,6,8-18H2,1-2H3,(H,29,30)/b7-5-/t19-,20+,21-,22-,23+,24-,26?/m1/s1. The normalized spacial score (nSPS) is 30.6. The number of aliphatic hydroxyl groups excluding tert-OH is 1.